The molecule has 0 aromatic heterocycles. The number of likely N-dealkylation sites (tertiary alicyclic amines) is 1. The fourth-order valence-electron chi connectivity index (χ4n) is 3.56. The number of amides is 2. The van der Waals surface area contributed by atoms with E-state index in [9.17, 15) is 9.18 Å². The summed E-state index contributed by atoms with van der Waals surface area (Å²) in [4.78, 5) is 14.2. The van der Waals surface area contributed by atoms with Crippen molar-refractivity contribution in [3.8, 4) is 0 Å². The lowest BCUT2D eigenvalue weighted by molar-refractivity contribution is 0.186. The number of piperidine rings is 1. The number of hydrogen-bond donors (Lipinski definition) is 2. The van der Waals surface area contributed by atoms with Gasteiger partial charge in [0.25, 0.3) is 0 Å². The first-order valence-corrected chi connectivity index (χ1v) is 8.15. The van der Waals surface area contributed by atoms with Crippen molar-refractivity contribution in [3.63, 3.8) is 0 Å². The summed E-state index contributed by atoms with van der Waals surface area (Å²) in [6.07, 6.45) is 4.26. The Balaban J connectivity index is 1.43. The van der Waals surface area contributed by atoms with Crippen LogP contribution in [0.1, 0.15) is 24.8 Å². The number of carbonyl (C=O) groups excluding carboxylic acids is 1. The van der Waals surface area contributed by atoms with Gasteiger partial charge in [0.05, 0.1) is 0 Å². The predicted molar refractivity (Wildman–Crippen MR) is 84.2 cm³/mol. The van der Waals surface area contributed by atoms with Crippen molar-refractivity contribution < 1.29 is 9.18 Å². The van der Waals surface area contributed by atoms with Gasteiger partial charge in [-0.3, -0.25) is 0 Å². The maximum absolute atomic E-state index is 12.8. The van der Waals surface area contributed by atoms with Crippen LogP contribution in [0.4, 0.5) is 9.18 Å². The van der Waals surface area contributed by atoms with Crippen LogP contribution >= 0.6 is 0 Å². The van der Waals surface area contributed by atoms with Crippen LogP contribution in [0.3, 0.4) is 0 Å². The summed E-state index contributed by atoms with van der Waals surface area (Å²) in [5, 5.41) is 6.44. The highest BCUT2D eigenvalue weighted by atomic mass is 19.1. The number of benzene rings is 1. The Morgan fingerprint density at radius 2 is 2.14 bits per heavy atom. The number of urea groups is 1. The van der Waals surface area contributed by atoms with Crippen molar-refractivity contribution in [3.05, 3.63) is 35.6 Å². The molecule has 0 bridgehead atoms. The van der Waals surface area contributed by atoms with E-state index in [1.54, 1.807) is 12.1 Å². The van der Waals surface area contributed by atoms with Crippen LogP contribution in [-0.2, 0) is 6.42 Å². The minimum Gasteiger partial charge on any atom is -0.338 e. The smallest absolute Gasteiger partial charge is 0.317 e. The van der Waals surface area contributed by atoms with Crippen LogP contribution in [0.2, 0.25) is 0 Å². The zero-order valence-corrected chi connectivity index (χ0v) is 12.9. The second-order valence-corrected chi connectivity index (χ2v) is 6.56. The first-order chi connectivity index (χ1) is 10.7. The number of hydrogen-bond acceptors (Lipinski definition) is 2. The number of nitrogens with zero attached hydrogens (tertiary/aromatic N) is 1. The molecule has 2 aliphatic heterocycles. The molecule has 0 aliphatic carbocycles. The van der Waals surface area contributed by atoms with Gasteiger partial charge in [0, 0.05) is 31.6 Å². The molecule has 2 heterocycles. The first-order valence-electron chi connectivity index (χ1n) is 8.15. The SMILES string of the molecule is O=C(NCCc1ccc(F)cc1)N1CC[C@]2(CCCNC2)C1. The van der Waals surface area contributed by atoms with Gasteiger partial charge in [0.1, 0.15) is 5.82 Å². The van der Waals surface area contributed by atoms with Crippen molar-refractivity contribution in [2.75, 3.05) is 32.7 Å². The quantitative estimate of drug-likeness (QED) is 0.899. The highest BCUT2D eigenvalue weighted by Crippen LogP contribution is 2.36. The molecule has 120 valence electrons. The molecule has 1 atom stereocenters. The van der Waals surface area contributed by atoms with Gasteiger partial charge in [-0.2, -0.15) is 0 Å². The molecular formula is C17H24FN3O. The van der Waals surface area contributed by atoms with E-state index in [4.69, 9.17) is 0 Å². The summed E-state index contributed by atoms with van der Waals surface area (Å²) in [7, 11) is 0. The standard InChI is InChI=1S/C17H24FN3O/c18-15-4-2-14(3-5-15)6-10-20-16(22)21-11-8-17(13-21)7-1-9-19-12-17/h2-5,19H,1,6-13H2,(H,20,22)/t17-/m0/s1. The van der Waals surface area contributed by atoms with E-state index in [0.29, 0.717) is 12.0 Å². The Kier molecular flexibility index (Phi) is 4.62. The second-order valence-electron chi connectivity index (χ2n) is 6.56. The molecule has 0 saturated carbocycles. The largest absolute Gasteiger partial charge is 0.338 e. The maximum Gasteiger partial charge on any atom is 0.317 e. The summed E-state index contributed by atoms with van der Waals surface area (Å²) in [5.74, 6) is -0.226. The van der Waals surface area contributed by atoms with Gasteiger partial charge in [0.15, 0.2) is 0 Å². The van der Waals surface area contributed by atoms with E-state index in [2.05, 4.69) is 10.6 Å². The van der Waals surface area contributed by atoms with Gasteiger partial charge in [-0.15, -0.1) is 0 Å². The average Bonchev–Trinajstić information content (AvgIpc) is 2.93. The summed E-state index contributed by atoms with van der Waals surface area (Å²) in [5.41, 5.74) is 1.34. The first kappa shape index (κ1) is 15.3. The molecule has 2 N–H and O–H groups in total. The van der Waals surface area contributed by atoms with Gasteiger partial charge >= 0.3 is 6.03 Å². The monoisotopic (exact) mass is 305 g/mol. The molecular weight excluding hydrogens is 281 g/mol. The number of halogens is 1. The molecule has 3 rings (SSSR count). The molecule has 0 unspecified atom stereocenters. The van der Waals surface area contributed by atoms with E-state index in [-0.39, 0.29) is 11.8 Å². The van der Waals surface area contributed by atoms with Crippen molar-refractivity contribution in [2.45, 2.75) is 25.7 Å². The topological polar surface area (TPSA) is 44.4 Å². The highest BCUT2D eigenvalue weighted by molar-refractivity contribution is 5.74. The Morgan fingerprint density at radius 1 is 1.32 bits per heavy atom. The van der Waals surface area contributed by atoms with Crippen LogP contribution < -0.4 is 10.6 Å². The number of rotatable bonds is 3. The summed E-state index contributed by atoms with van der Waals surface area (Å²) < 4.78 is 12.8. The Bertz CT molecular complexity index is 511. The molecule has 2 aliphatic rings. The fraction of sp³-hybridized carbons (Fsp3) is 0.588. The number of carbonyl (C=O) groups is 1. The minimum absolute atomic E-state index is 0.0320. The maximum atomic E-state index is 12.8. The second kappa shape index (κ2) is 6.65. The molecule has 4 nitrogen and oxygen atoms in total. The third kappa shape index (κ3) is 3.58. The van der Waals surface area contributed by atoms with Gasteiger partial charge in [-0.1, -0.05) is 12.1 Å². The zero-order valence-electron chi connectivity index (χ0n) is 12.9. The lowest BCUT2D eigenvalue weighted by Crippen LogP contribution is -2.45. The number of nitrogens with one attached hydrogen (secondary N) is 2. The fourth-order valence-corrected chi connectivity index (χ4v) is 3.56. The van der Waals surface area contributed by atoms with E-state index in [0.717, 1.165) is 44.6 Å². The van der Waals surface area contributed by atoms with E-state index < -0.39 is 0 Å². The molecule has 22 heavy (non-hydrogen) atoms. The highest BCUT2D eigenvalue weighted by Gasteiger charge is 2.40. The third-order valence-corrected chi connectivity index (χ3v) is 4.89. The van der Waals surface area contributed by atoms with Crippen molar-refractivity contribution >= 4 is 6.03 Å². The van der Waals surface area contributed by atoms with Crippen molar-refractivity contribution in [1.82, 2.24) is 15.5 Å². The van der Waals surface area contributed by atoms with E-state index in [1.165, 1.54) is 25.0 Å². The van der Waals surface area contributed by atoms with Crippen molar-refractivity contribution in [2.24, 2.45) is 5.41 Å². The third-order valence-electron chi connectivity index (χ3n) is 4.89. The van der Waals surface area contributed by atoms with Crippen LogP contribution in [0, 0.1) is 11.2 Å². The lowest BCUT2D eigenvalue weighted by atomic mass is 9.80. The van der Waals surface area contributed by atoms with Crippen LogP contribution in [-0.4, -0.2) is 43.7 Å². The van der Waals surface area contributed by atoms with Crippen LogP contribution in [0.15, 0.2) is 24.3 Å². The van der Waals surface area contributed by atoms with Crippen LogP contribution in [0.25, 0.3) is 0 Å². The Morgan fingerprint density at radius 3 is 2.86 bits per heavy atom. The molecule has 2 fully saturated rings. The van der Waals surface area contributed by atoms with E-state index >= 15 is 0 Å². The molecule has 1 aromatic rings. The van der Waals surface area contributed by atoms with Crippen LogP contribution in [0.5, 0.6) is 0 Å². The van der Waals surface area contributed by atoms with Gasteiger partial charge < -0.3 is 15.5 Å². The molecule has 5 heteroatoms. The summed E-state index contributed by atoms with van der Waals surface area (Å²) in [6.45, 7) is 4.44. The minimum atomic E-state index is -0.226. The Hall–Kier alpha value is -1.62. The molecule has 2 saturated heterocycles. The van der Waals surface area contributed by atoms with Gasteiger partial charge in [-0.05, 0) is 49.9 Å². The molecule has 1 aromatic carbocycles. The normalized spacial score (nSPS) is 24.7. The summed E-state index contributed by atoms with van der Waals surface area (Å²) in [6, 6.07) is 6.47. The zero-order chi connectivity index (χ0) is 15.4. The molecule has 2 amide bonds. The lowest BCUT2D eigenvalue weighted by Gasteiger charge is -2.33. The van der Waals surface area contributed by atoms with E-state index in [1.807, 2.05) is 4.90 Å². The van der Waals surface area contributed by atoms with Gasteiger partial charge in [0.2, 0.25) is 0 Å². The summed E-state index contributed by atoms with van der Waals surface area (Å²) >= 11 is 0. The average molecular weight is 305 g/mol. The van der Waals surface area contributed by atoms with Crippen molar-refractivity contribution in [1.29, 1.82) is 0 Å². The Labute approximate surface area is 131 Å². The molecule has 0 radical (unpaired) electrons. The predicted octanol–water partition coefficient (Wildman–Crippen LogP) is 2.15. The molecule has 1 spiro atoms. The van der Waals surface area contributed by atoms with Gasteiger partial charge in [-0.25, -0.2) is 9.18 Å².